The zero-order chi connectivity index (χ0) is 20.2. The highest BCUT2D eigenvalue weighted by molar-refractivity contribution is 5.83. The number of nitrogens with one attached hydrogen (secondary N) is 1. The Hall–Kier alpha value is -2.86. The average Bonchev–Trinajstić information content (AvgIpc) is 2.74. The zero-order valence-corrected chi connectivity index (χ0v) is 16.5. The summed E-state index contributed by atoms with van der Waals surface area (Å²) in [6.07, 6.45) is 6.09. The van der Waals surface area contributed by atoms with Crippen LogP contribution in [-0.2, 0) is 13.1 Å². The lowest BCUT2D eigenvalue weighted by molar-refractivity contribution is 0.142. The maximum atomic E-state index is 12.5. The van der Waals surface area contributed by atoms with Crippen molar-refractivity contribution in [2.45, 2.75) is 51.2 Å². The number of aromatic amines is 1. The van der Waals surface area contributed by atoms with Gasteiger partial charge >= 0.3 is 5.69 Å². The van der Waals surface area contributed by atoms with Crippen molar-refractivity contribution in [3.63, 3.8) is 0 Å². The standard InChI is InChI=1S/C23H27N3O3/c27-20-13-7-12-19-21(20)26(23(29)24-22(19)28)15-14-25(18-10-5-2-6-11-18)16-17-8-3-1-4-9-17/h1,3-4,7-9,12-13,18,27H,2,5-6,10-11,14-16H2,(H,24,28,29). The van der Waals surface area contributed by atoms with E-state index in [-0.39, 0.29) is 5.75 Å². The Morgan fingerprint density at radius 2 is 1.76 bits per heavy atom. The minimum absolute atomic E-state index is 0.0435. The van der Waals surface area contributed by atoms with Crippen molar-refractivity contribution >= 4 is 10.9 Å². The van der Waals surface area contributed by atoms with Gasteiger partial charge in [-0.1, -0.05) is 55.7 Å². The van der Waals surface area contributed by atoms with Crippen molar-refractivity contribution in [2.24, 2.45) is 0 Å². The van der Waals surface area contributed by atoms with Crippen LogP contribution in [0.4, 0.5) is 0 Å². The normalized spacial score (nSPS) is 15.2. The number of benzene rings is 2. The molecule has 0 bridgehead atoms. The molecule has 4 rings (SSSR count). The van der Waals surface area contributed by atoms with E-state index in [4.69, 9.17) is 0 Å². The first-order valence-corrected chi connectivity index (χ1v) is 10.4. The molecule has 29 heavy (non-hydrogen) atoms. The van der Waals surface area contributed by atoms with E-state index in [0.29, 0.717) is 30.0 Å². The number of aromatic nitrogens is 2. The van der Waals surface area contributed by atoms with Crippen LogP contribution in [0.3, 0.4) is 0 Å². The summed E-state index contributed by atoms with van der Waals surface area (Å²) in [6.45, 7) is 1.91. The van der Waals surface area contributed by atoms with Crippen LogP contribution in [0.2, 0.25) is 0 Å². The Balaban J connectivity index is 1.63. The molecule has 0 atom stereocenters. The minimum Gasteiger partial charge on any atom is -0.506 e. The topological polar surface area (TPSA) is 78.3 Å². The molecular formula is C23H27N3O3. The van der Waals surface area contributed by atoms with E-state index in [1.54, 1.807) is 12.1 Å². The van der Waals surface area contributed by atoms with Crippen LogP contribution >= 0.6 is 0 Å². The first-order valence-electron chi connectivity index (χ1n) is 10.4. The molecule has 6 nitrogen and oxygen atoms in total. The molecule has 6 heteroatoms. The number of phenolic OH excluding ortho intramolecular Hbond substituents is 1. The van der Waals surface area contributed by atoms with Gasteiger partial charge in [0.25, 0.3) is 5.56 Å². The molecule has 1 heterocycles. The maximum absolute atomic E-state index is 12.5. The lowest BCUT2D eigenvalue weighted by Gasteiger charge is -2.34. The van der Waals surface area contributed by atoms with Gasteiger partial charge in [0.05, 0.1) is 5.39 Å². The van der Waals surface area contributed by atoms with Crippen LogP contribution in [-0.4, -0.2) is 32.1 Å². The van der Waals surface area contributed by atoms with Crippen molar-refractivity contribution in [3.8, 4) is 5.75 Å². The van der Waals surface area contributed by atoms with Crippen molar-refractivity contribution in [3.05, 3.63) is 74.9 Å². The van der Waals surface area contributed by atoms with E-state index in [1.165, 1.54) is 48.3 Å². The van der Waals surface area contributed by atoms with E-state index < -0.39 is 11.2 Å². The highest BCUT2D eigenvalue weighted by Gasteiger charge is 2.22. The van der Waals surface area contributed by atoms with Crippen LogP contribution in [0.1, 0.15) is 37.7 Å². The molecule has 1 aliphatic carbocycles. The van der Waals surface area contributed by atoms with Crippen molar-refractivity contribution in [1.82, 2.24) is 14.5 Å². The molecule has 0 saturated heterocycles. The van der Waals surface area contributed by atoms with E-state index >= 15 is 0 Å². The van der Waals surface area contributed by atoms with Crippen LogP contribution in [0.5, 0.6) is 5.75 Å². The first kappa shape index (κ1) is 19.5. The Bertz CT molecular complexity index is 1080. The molecule has 0 aliphatic heterocycles. The summed E-state index contributed by atoms with van der Waals surface area (Å²) in [6, 6.07) is 15.6. The van der Waals surface area contributed by atoms with Gasteiger partial charge in [0.2, 0.25) is 0 Å². The fourth-order valence-electron chi connectivity index (χ4n) is 4.43. The van der Waals surface area contributed by atoms with Gasteiger partial charge in [-0.25, -0.2) is 4.79 Å². The molecule has 2 aromatic carbocycles. The number of para-hydroxylation sites is 1. The summed E-state index contributed by atoms with van der Waals surface area (Å²) in [5, 5.41) is 10.7. The fraction of sp³-hybridized carbons (Fsp3) is 0.391. The molecule has 1 aromatic heterocycles. The number of fused-ring (bicyclic) bond motifs is 1. The average molecular weight is 393 g/mol. The van der Waals surface area contributed by atoms with Gasteiger partial charge in [-0.3, -0.25) is 19.2 Å². The lowest BCUT2D eigenvalue weighted by atomic mass is 9.94. The number of rotatable bonds is 6. The summed E-state index contributed by atoms with van der Waals surface area (Å²) < 4.78 is 1.49. The third-order valence-electron chi connectivity index (χ3n) is 5.93. The highest BCUT2D eigenvalue weighted by atomic mass is 16.3. The predicted molar refractivity (Wildman–Crippen MR) is 114 cm³/mol. The Kier molecular flexibility index (Phi) is 5.81. The third kappa shape index (κ3) is 4.27. The fourth-order valence-corrected chi connectivity index (χ4v) is 4.43. The van der Waals surface area contributed by atoms with Crippen LogP contribution in [0.25, 0.3) is 10.9 Å². The molecule has 3 aromatic rings. The molecule has 1 aliphatic rings. The van der Waals surface area contributed by atoms with Gasteiger partial charge in [-0.05, 0) is 30.5 Å². The minimum atomic E-state index is -0.479. The second-order valence-corrected chi connectivity index (χ2v) is 7.83. The molecule has 0 amide bonds. The van der Waals surface area contributed by atoms with Crippen molar-refractivity contribution < 1.29 is 5.11 Å². The van der Waals surface area contributed by atoms with Crippen LogP contribution in [0, 0.1) is 0 Å². The summed E-state index contributed by atoms with van der Waals surface area (Å²) in [4.78, 5) is 29.5. The van der Waals surface area contributed by atoms with Gasteiger partial charge in [-0.2, -0.15) is 0 Å². The van der Waals surface area contributed by atoms with Crippen LogP contribution in [0.15, 0.2) is 58.1 Å². The van der Waals surface area contributed by atoms with E-state index in [0.717, 1.165) is 6.54 Å². The molecule has 0 unspecified atom stereocenters. The third-order valence-corrected chi connectivity index (χ3v) is 5.93. The number of H-pyrrole nitrogens is 1. The second kappa shape index (κ2) is 8.66. The predicted octanol–water partition coefficient (Wildman–Crippen LogP) is 3.23. The van der Waals surface area contributed by atoms with Crippen molar-refractivity contribution in [2.75, 3.05) is 6.54 Å². The number of hydrogen-bond acceptors (Lipinski definition) is 4. The Morgan fingerprint density at radius 3 is 2.52 bits per heavy atom. The number of nitrogens with zero attached hydrogens (tertiary/aromatic N) is 2. The van der Waals surface area contributed by atoms with Gasteiger partial charge in [0.1, 0.15) is 11.3 Å². The smallest absolute Gasteiger partial charge is 0.328 e. The summed E-state index contributed by atoms with van der Waals surface area (Å²) in [5.74, 6) is -0.0435. The van der Waals surface area contributed by atoms with Crippen LogP contribution < -0.4 is 11.2 Å². The Labute approximate surface area is 169 Å². The van der Waals surface area contributed by atoms with Gasteiger partial charge in [0.15, 0.2) is 0 Å². The van der Waals surface area contributed by atoms with E-state index in [1.807, 2.05) is 18.2 Å². The molecule has 2 N–H and O–H groups in total. The molecule has 1 fully saturated rings. The molecule has 0 spiro atoms. The molecule has 152 valence electrons. The van der Waals surface area contributed by atoms with Gasteiger partial charge < -0.3 is 5.11 Å². The molecular weight excluding hydrogens is 366 g/mol. The van der Waals surface area contributed by atoms with E-state index in [2.05, 4.69) is 22.0 Å². The summed E-state index contributed by atoms with van der Waals surface area (Å²) >= 11 is 0. The molecule has 1 saturated carbocycles. The quantitative estimate of drug-likeness (QED) is 0.674. The first-order chi connectivity index (χ1) is 14.1. The lowest BCUT2D eigenvalue weighted by Crippen LogP contribution is -2.40. The summed E-state index contributed by atoms with van der Waals surface area (Å²) in [5.41, 5.74) is 0.613. The zero-order valence-electron chi connectivity index (χ0n) is 16.5. The highest BCUT2D eigenvalue weighted by Crippen LogP contribution is 2.25. The largest absolute Gasteiger partial charge is 0.506 e. The monoisotopic (exact) mass is 393 g/mol. The van der Waals surface area contributed by atoms with E-state index in [9.17, 15) is 14.7 Å². The molecule has 0 radical (unpaired) electrons. The Morgan fingerprint density at radius 1 is 1.00 bits per heavy atom. The van der Waals surface area contributed by atoms with Gasteiger partial charge in [0, 0.05) is 25.7 Å². The number of hydrogen-bond donors (Lipinski definition) is 2. The van der Waals surface area contributed by atoms with Crippen molar-refractivity contribution in [1.29, 1.82) is 0 Å². The number of aromatic hydroxyl groups is 1. The second-order valence-electron chi connectivity index (χ2n) is 7.83. The SMILES string of the molecule is O=c1[nH]c(=O)n(CCN(Cc2ccccc2)C2CCCCC2)c2c(O)cccc12. The van der Waals surface area contributed by atoms with Gasteiger partial charge in [-0.15, -0.1) is 0 Å². The number of phenols is 1. The maximum Gasteiger partial charge on any atom is 0.328 e. The summed E-state index contributed by atoms with van der Waals surface area (Å²) in [7, 11) is 0.